The minimum Gasteiger partial charge on any atom is -0.495 e. The van der Waals surface area contributed by atoms with Gasteiger partial charge < -0.3 is 9.47 Å². The highest BCUT2D eigenvalue weighted by atomic mass is 35.5. The molecular formula is C19H16ClNO3. The van der Waals surface area contributed by atoms with Gasteiger partial charge in [0.1, 0.15) is 16.5 Å². The number of pyridine rings is 1. The van der Waals surface area contributed by atoms with E-state index in [1.165, 1.54) is 7.11 Å². The molecule has 0 amide bonds. The lowest BCUT2D eigenvalue weighted by molar-refractivity contribution is 0.0597. The van der Waals surface area contributed by atoms with Crippen molar-refractivity contribution in [3.8, 4) is 5.75 Å². The highest BCUT2D eigenvalue weighted by molar-refractivity contribution is 6.29. The molecule has 0 unspecified atom stereocenters. The molecule has 0 bridgehead atoms. The predicted octanol–water partition coefficient (Wildman–Crippen LogP) is 4.27. The Kier molecular flexibility index (Phi) is 4.67. The summed E-state index contributed by atoms with van der Waals surface area (Å²) in [5.41, 5.74) is 2.41. The number of carbonyl (C=O) groups excluding carboxylic acids is 1. The Morgan fingerprint density at radius 3 is 2.50 bits per heavy atom. The molecule has 2 aromatic carbocycles. The van der Waals surface area contributed by atoms with Gasteiger partial charge in [-0.25, -0.2) is 9.78 Å². The quantitative estimate of drug-likeness (QED) is 0.525. The van der Waals surface area contributed by atoms with Crippen LogP contribution in [-0.2, 0) is 11.2 Å². The van der Waals surface area contributed by atoms with E-state index in [9.17, 15) is 4.79 Å². The van der Waals surface area contributed by atoms with Crippen molar-refractivity contribution >= 4 is 28.3 Å². The molecule has 1 heterocycles. The summed E-state index contributed by atoms with van der Waals surface area (Å²) in [6.45, 7) is 0. The van der Waals surface area contributed by atoms with Crippen LogP contribution in [0.2, 0.25) is 5.15 Å². The Labute approximate surface area is 145 Å². The van der Waals surface area contributed by atoms with Gasteiger partial charge in [0.05, 0.1) is 14.2 Å². The van der Waals surface area contributed by atoms with Crippen molar-refractivity contribution in [2.75, 3.05) is 14.2 Å². The summed E-state index contributed by atoms with van der Waals surface area (Å²) in [5, 5.41) is 2.35. The number of nitrogens with zero attached hydrogens (tertiary/aromatic N) is 1. The van der Waals surface area contributed by atoms with Crippen LogP contribution in [0.5, 0.6) is 5.75 Å². The number of halogens is 1. The van der Waals surface area contributed by atoms with E-state index in [-0.39, 0.29) is 0 Å². The van der Waals surface area contributed by atoms with E-state index in [0.717, 1.165) is 21.9 Å². The van der Waals surface area contributed by atoms with Crippen LogP contribution in [-0.4, -0.2) is 25.2 Å². The lowest BCUT2D eigenvalue weighted by atomic mass is 9.95. The first-order chi connectivity index (χ1) is 11.6. The summed E-state index contributed by atoms with van der Waals surface area (Å²) in [6.07, 6.45) is 2.36. The molecule has 24 heavy (non-hydrogen) atoms. The fourth-order valence-electron chi connectivity index (χ4n) is 2.78. The number of methoxy groups -OCH3 is 2. The molecular weight excluding hydrogens is 326 g/mol. The molecule has 122 valence electrons. The standard InChI is InChI=1S/C19H16ClNO3/c1-23-18-15-6-4-3-5-14(15)13(10-16(18)19(22)24-2)9-12-7-8-17(20)21-11-12/h3-8,10-11H,9H2,1-2H3. The van der Waals surface area contributed by atoms with Crippen LogP contribution in [0.15, 0.2) is 48.7 Å². The smallest absolute Gasteiger partial charge is 0.341 e. The molecule has 3 aromatic rings. The lowest BCUT2D eigenvalue weighted by Gasteiger charge is -2.14. The van der Waals surface area contributed by atoms with Crippen LogP contribution in [0, 0.1) is 0 Å². The highest BCUT2D eigenvalue weighted by Crippen LogP contribution is 2.34. The molecule has 0 saturated heterocycles. The van der Waals surface area contributed by atoms with Crippen molar-refractivity contribution in [1.82, 2.24) is 4.98 Å². The largest absolute Gasteiger partial charge is 0.495 e. The average Bonchev–Trinajstić information content (AvgIpc) is 2.62. The summed E-state index contributed by atoms with van der Waals surface area (Å²) in [6, 6.07) is 13.3. The van der Waals surface area contributed by atoms with Crippen LogP contribution in [0.1, 0.15) is 21.5 Å². The zero-order valence-electron chi connectivity index (χ0n) is 13.4. The maximum Gasteiger partial charge on any atom is 0.341 e. The summed E-state index contributed by atoms with van der Waals surface area (Å²) in [7, 11) is 2.91. The molecule has 0 aliphatic carbocycles. The van der Waals surface area contributed by atoms with Gasteiger partial charge in [-0.1, -0.05) is 41.9 Å². The zero-order valence-corrected chi connectivity index (χ0v) is 14.1. The monoisotopic (exact) mass is 341 g/mol. The Hall–Kier alpha value is -2.59. The summed E-state index contributed by atoms with van der Waals surface area (Å²) < 4.78 is 10.4. The second-order valence-corrected chi connectivity index (χ2v) is 5.71. The third-order valence-corrected chi connectivity index (χ3v) is 4.10. The van der Waals surface area contributed by atoms with Gasteiger partial charge in [0, 0.05) is 11.6 Å². The van der Waals surface area contributed by atoms with E-state index < -0.39 is 5.97 Å². The number of esters is 1. The number of fused-ring (bicyclic) bond motifs is 1. The van der Waals surface area contributed by atoms with Crippen LogP contribution in [0.4, 0.5) is 0 Å². The minimum atomic E-state index is -0.423. The number of rotatable bonds is 4. The molecule has 1 aromatic heterocycles. The van der Waals surface area contributed by atoms with Gasteiger partial charge in [0.2, 0.25) is 0 Å². The molecule has 0 atom stereocenters. The van der Waals surface area contributed by atoms with Gasteiger partial charge in [-0.15, -0.1) is 0 Å². The predicted molar refractivity (Wildman–Crippen MR) is 93.9 cm³/mol. The number of ether oxygens (including phenoxy) is 2. The SMILES string of the molecule is COC(=O)c1cc(Cc2ccc(Cl)nc2)c2ccccc2c1OC. The molecule has 3 rings (SSSR count). The van der Waals surface area contributed by atoms with Gasteiger partial charge in [0.15, 0.2) is 0 Å². The molecule has 0 radical (unpaired) electrons. The van der Waals surface area contributed by atoms with Crippen LogP contribution in [0.3, 0.4) is 0 Å². The third-order valence-electron chi connectivity index (χ3n) is 3.87. The van der Waals surface area contributed by atoms with Crippen LogP contribution >= 0.6 is 11.6 Å². The Balaban J connectivity index is 2.19. The van der Waals surface area contributed by atoms with Gasteiger partial charge in [-0.2, -0.15) is 0 Å². The van der Waals surface area contributed by atoms with Crippen molar-refractivity contribution in [3.63, 3.8) is 0 Å². The van der Waals surface area contributed by atoms with E-state index in [0.29, 0.717) is 22.9 Å². The maximum atomic E-state index is 12.2. The van der Waals surface area contributed by atoms with E-state index in [2.05, 4.69) is 4.98 Å². The van der Waals surface area contributed by atoms with E-state index >= 15 is 0 Å². The lowest BCUT2D eigenvalue weighted by Crippen LogP contribution is -2.06. The number of benzene rings is 2. The molecule has 0 spiro atoms. The third kappa shape index (κ3) is 3.05. The molecule has 0 saturated carbocycles. The number of hydrogen-bond acceptors (Lipinski definition) is 4. The molecule has 0 fully saturated rings. The fourth-order valence-corrected chi connectivity index (χ4v) is 2.89. The molecule has 0 aliphatic rings. The van der Waals surface area contributed by atoms with Gasteiger partial charge in [-0.05, 0) is 35.1 Å². The second-order valence-electron chi connectivity index (χ2n) is 5.32. The topological polar surface area (TPSA) is 48.4 Å². The van der Waals surface area contributed by atoms with E-state index in [1.807, 2.05) is 36.4 Å². The number of aromatic nitrogens is 1. The van der Waals surface area contributed by atoms with Crippen molar-refractivity contribution in [2.45, 2.75) is 6.42 Å². The van der Waals surface area contributed by atoms with Crippen LogP contribution < -0.4 is 4.74 Å². The average molecular weight is 342 g/mol. The molecule has 0 N–H and O–H groups in total. The van der Waals surface area contributed by atoms with Crippen molar-refractivity contribution < 1.29 is 14.3 Å². The second kappa shape index (κ2) is 6.89. The van der Waals surface area contributed by atoms with Crippen molar-refractivity contribution in [1.29, 1.82) is 0 Å². The Bertz CT molecular complexity index is 891. The van der Waals surface area contributed by atoms with Gasteiger partial charge in [-0.3, -0.25) is 0 Å². The Morgan fingerprint density at radius 1 is 1.12 bits per heavy atom. The van der Waals surface area contributed by atoms with E-state index in [4.69, 9.17) is 21.1 Å². The first-order valence-corrected chi connectivity index (χ1v) is 7.79. The van der Waals surface area contributed by atoms with Crippen molar-refractivity contribution in [3.05, 3.63) is 70.5 Å². The summed E-state index contributed by atoms with van der Waals surface area (Å²) in [5.74, 6) is 0.100. The van der Waals surface area contributed by atoms with Crippen LogP contribution in [0.25, 0.3) is 10.8 Å². The molecule has 0 aliphatic heterocycles. The molecule has 4 nitrogen and oxygen atoms in total. The van der Waals surface area contributed by atoms with Gasteiger partial charge >= 0.3 is 5.97 Å². The number of carbonyl (C=O) groups is 1. The van der Waals surface area contributed by atoms with E-state index in [1.54, 1.807) is 19.4 Å². The number of hydrogen-bond donors (Lipinski definition) is 0. The van der Waals surface area contributed by atoms with Crippen molar-refractivity contribution in [2.24, 2.45) is 0 Å². The summed E-state index contributed by atoms with van der Waals surface area (Å²) in [4.78, 5) is 16.3. The maximum absolute atomic E-state index is 12.2. The highest BCUT2D eigenvalue weighted by Gasteiger charge is 2.18. The first-order valence-electron chi connectivity index (χ1n) is 7.41. The normalized spacial score (nSPS) is 10.6. The fraction of sp³-hybridized carbons (Fsp3) is 0.158. The first kappa shape index (κ1) is 16.3. The van der Waals surface area contributed by atoms with Gasteiger partial charge in [0.25, 0.3) is 0 Å². The molecule has 5 heteroatoms. The summed E-state index contributed by atoms with van der Waals surface area (Å²) >= 11 is 5.85. The Morgan fingerprint density at radius 2 is 1.88 bits per heavy atom. The zero-order chi connectivity index (χ0) is 17.1. The minimum absolute atomic E-state index is 0.413.